The van der Waals surface area contributed by atoms with Gasteiger partial charge in [0.05, 0.1) is 0 Å². The Hall–Kier alpha value is 0.310. The molecule has 12 heavy (non-hydrogen) atoms. The topological polar surface area (TPSA) is 12.0 Å². The predicted molar refractivity (Wildman–Crippen MR) is 57.8 cm³/mol. The summed E-state index contributed by atoms with van der Waals surface area (Å²) >= 11 is 2.18. The fourth-order valence-electron chi connectivity index (χ4n) is 1.68. The molecular formula is C10H21NS. The van der Waals surface area contributed by atoms with Gasteiger partial charge in [-0.15, -0.1) is 0 Å². The first-order valence-electron chi connectivity index (χ1n) is 5.06. The molecule has 1 nitrogen and oxygen atoms in total. The maximum absolute atomic E-state index is 3.32. The highest BCUT2D eigenvalue weighted by molar-refractivity contribution is 8.00. The van der Waals surface area contributed by atoms with Crippen molar-refractivity contribution in [2.45, 2.75) is 56.1 Å². The zero-order valence-electron chi connectivity index (χ0n) is 8.47. The molecular weight excluding hydrogens is 166 g/mol. The SMILES string of the molecule is CNC(C)C(C)SC1CCCC1. The van der Waals surface area contributed by atoms with Crippen LogP contribution in [0.25, 0.3) is 0 Å². The molecule has 2 unspecified atom stereocenters. The van der Waals surface area contributed by atoms with Crippen LogP contribution in [0.1, 0.15) is 39.5 Å². The van der Waals surface area contributed by atoms with E-state index in [1.165, 1.54) is 25.7 Å². The maximum atomic E-state index is 3.32. The number of hydrogen-bond donors (Lipinski definition) is 1. The normalized spacial score (nSPS) is 24.2. The maximum Gasteiger partial charge on any atom is 0.0172 e. The smallest absolute Gasteiger partial charge is 0.0172 e. The van der Waals surface area contributed by atoms with Gasteiger partial charge < -0.3 is 5.32 Å². The van der Waals surface area contributed by atoms with Crippen LogP contribution in [0.2, 0.25) is 0 Å². The number of thioether (sulfide) groups is 1. The minimum absolute atomic E-state index is 0.649. The van der Waals surface area contributed by atoms with Gasteiger partial charge in [-0.2, -0.15) is 11.8 Å². The molecule has 0 heterocycles. The van der Waals surface area contributed by atoms with Gasteiger partial charge in [-0.05, 0) is 26.8 Å². The highest BCUT2D eigenvalue weighted by atomic mass is 32.2. The van der Waals surface area contributed by atoms with E-state index in [4.69, 9.17) is 0 Å². The van der Waals surface area contributed by atoms with Gasteiger partial charge in [0.15, 0.2) is 0 Å². The van der Waals surface area contributed by atoms with Gasteiger partial charge >= 0.3 is 0 Å². The van der Waals surface area contributed by atoms with Gasteiger partial charge in [0.25, 0.3) is 0 Å². The van der Waals surface area contributed by atoms with E-state index < -0.39 is 0 Å². The summed E-state index contributed by atoms with van der Waals surface area (Å²) in [4.78, 5) is 0. The molecule has 0 aliphatic heterocycles. The lowest BCUT2D eigenvalue weighted by Gasteiger charge is -2.21. The van der Waals surface area contributed by atoms with Crippen LogP contribution in [0.15, 0.2) is 0 Å². The molecule has 1 fully saturated rings. The first-order chi connectivity index (χ1) is 5.74. The molecule has 1 aliphatic rings. The van der Waals surface area contributed by atoms with Gasteiger partial charge in [-0.25, -0.2) is 0 Å². The average molecular weight is 187 g/mol. The minimum Gasteiger partial charge on any atom is -0.316 e. The Bertz CT molecular complexity index is 121. The van der Waals surface area contributed by atoms with Crippen LogP contribution in [-0.4, -0.2) is 23.6 Å². The molecule has 0 spiro atoms. The molecule has 0 bridgehead atoms. The molecule has 0 saturated heterocycles. The fraction of sp³-hybridized carbons (Fsp3) is 1.00. The zero-order valence-corrected chi connectivity index (χ0v) is 9.29. The van der Waals surface area contributed by atoms with Crippen molar-refractivity contribution in [3.8, 4) is 0 Å². The Morgan fingerprint density at radius 2 is 1.83 bits per heavy atom. The van der Waals surface area contributed by atoms with Crippen molar-refractivity contribution in [1.82, 2.24) is 5.32 Å². The van der Waals surface area contributed by atoms with Crippen LogP contribution in [0.5, 0.6) is 0 Å². The third-order valence-corrected chi connectivity index (χ3v) is 4.56. The van der Waals surface area contributed by atoms with E-state index in [9.17, 15) is 0 Å². The summed E-state index contributed by atoms with van der Waals surface area (Å²) in [6.45, 7) is 4.61. The van der Waals surface area contributed by atoms with E-state index in [-0.39, 0.29) is 0 Å². The third kappa shape index (κ3) is 2.98. The molecule has 0 aromatic heterocycles. The Kier molecular flexibility index (Phi) is 4.44. The molecule has 0 aromatic carbocycles. The standard InChI is InChI=1S/C10H21NS/c1-8(11-3)9(2)12-10-6-4-5-7-10/h8-11H,4-7H2,1-3H3. The van der Waals surface area contributed by atoms with Crippen LogP contribution in [0, 0.1) is 0 Å². The van der Waals surface area contributed by atoms with Crippen LogP contribution in [0.3, 0.4) is 0 Å². The summed E-state index contributed by atoms with van der Waals surface area (Å²) in [5, 5.41) is 5.03. The summed E-state index contributed by atoms with van der Waals surface area (Å²) in [5.41, 5.74) is 0. The van der Waals surface area contributed by atoms with Crippen LogP contribution in [-0.2, 0) is 0 Å². The highest BCUT2D eigenvalue weighted by Gasteiger charge is 2.20. The molecule has 2 atom stereocenters. The van der Waals surface area contributed by atoms with Crippen molar-refractivity contribution < 1.29 is 0 Å². The summed E-state index contributed by atoms with van der Waals surface area (Å²) in [6, 6.07) is 0.649. The summed E-state index contributed by atoms with van der Waals surface area (Å²) < 4.78 is 0. The van der Waals surface area contributed by atoms with Crippen LogP contribution < -0.4 is 5.32 Å². The van der Waals surface area contributed by atoms with E-state index in [0.29, 0.717) is 6.04 Å². The molecule has 1 rings (SSSR count). The molecule has 0 amide bonds. The van der Waals surface area contributed by atoms with E-state index in [1.54, 1.807) is 0 Å². The van der Waals surface area contributed by atoms with Crippen LogP contribution >= 0.6 is 11.8 Å². The fourth-order valence-corrected chi connectivity index (χ4v) is 3.26. The lowest BCUT2D eigenvalue weighted by Crippen LogP contribution is -2.31. The van der Waals surface area contributed by atoms with Gasteiger partial charge in [-0.3, -0.25) is 0 Å². The van der Waals surface area contributed by atoms with Crippen molar-refractivity contribution >= 4 is 11.8 Å². The lowest BCUT2D eigenvalue weighted by atomic mass is 10.3. The second kappa shape index (κ2) is 5.13. The average Bonchev–Trinajstić information content (AvgIpc) is 2.55. The first kappa shape index (κ1) is 10.4. The minimum atomic E-state index is 0.649. The van der Waals surface area contributed by atoms with Gasteiger partial charge in [0.1, 0.15) is 0 Å². The van der Waals surface area contributed by atoms with E-state index in [0.717, 1.165) is 10.5 Å². The molecule has 1 saturated carbocycles. The van der Waals surface area contributed by atoms with E-state index in [2.05, 4.69) is 38.0 Å². The first-order valence-corrected chi connectivity index (χ1v) is 6.01. The Morgan fingerprint density at radius 1 is 1.25 bits per heavy atom. The lowest BCUT2D eigenvalue weighted by molar-refractivity contribution is 0.603. The van der Waals surface area contributed by atoms with Crippen molar-refractivity contribution in [1.29, 1.82) is 0 Å². The van der Waals surface area contributed by atoms with Crippen LogP contribution in [0.4, 0.5) is 0 Å². The molecule has 2 heteroatoms. The monoisotopic (exact) mass is 187 g/mol. The van der Waals surface area contributed by atoms with E-state index in [1.807, 2.05) is 0 Å². The van der Waals surface area contributed by atoms with Crippen molar-refractivity contribution in [2.75, 3.05) is 7.05 Å². The molecule has 1 aliphatic carbocycles. The van der Waals surface area contributed by atoms with Gasteiger partial charge in [0, 0.05) is 16.5 Å². The van der Waals surface area contributed by atoms with Crippen molar-refractivity contribution in [2.24, 2.45) is 0 Å². The molecule has 0 aromatic rings. The molecule has 72 valence electrons. The molecule has 1 N–H and O–H groups in total. The van der Waals surface area contributed by atoms with Crippen molar-refractivity contribution in [3.05, 3.63) is 0 Å². The quantitative estimate of drug-likeness (QED) is 0.726. The second-order valence-electron chi connectivity index (χ2n) is 3.83. The van der Waals surface area contributed by atoms with Crippen molar-refractivity contribution in [3.63, 3.8) is 0 Å². The number of hydrogen-bond acceptors (Lipinski definition) is 2. The largest absolute Gasteiger partial charge is 0.316 e. The summed E-state index contributed by atoms with van der Waals surface area (Å²) in [5.74, 6) is 0. The zero-order chi connectivity index (χ0) is 8.97. The second-order valence-corrected chi connectivity index (χ2v) is 5.51. The Morgan fingerprint density at radius 3 is 2.33 bits per heavy atom. The predicted octanol–water partition coefficient (Wildman–Crippen LogP) is 2.66. The van der Waals surface area contributed by atoms with Gasteiger partial charge in [0.2, 0.25) is 0 Å². The molecule has 0 radical (unpaired) electrons. The Labute approximate surface area is 80.7 Å². The number of rotatable bonds is 4. The summed E-state index contributed by atoms with van der Waals surface area (Å²) in [7, 11) is 2.05. The number of nitrogens with one attached hydrogen (secondary N) is 1. The summed E-state index contributed by atoms with van der Waals surface area (Å²) in [6.07, 6.45) is 5.81. The van der Waals surface area contributed by atoms with E-state index >= 15 is 0 Å². The van der Waals surface area contributed by atoms with Gasteiger partial charge in [-0.1, -0.05) is 19.8 Å². The Balaban J connectivity index is 2.19. The highest BCUT2D eigenvalue weighted by Crippen LogP contribution is 2.32. The third-order valence-electron chi connectivity index (χ3n) is 2.87.